The van der Waals surface area contributed by atoms with E-state index in [-0.39, 0.29) is 5.75 Å². The van der Waals surface area contributed by atoms with E-state index in [0.29, 0.717) is 5.56 Å². The highest BCUT2D eigenvalue weighted by atomic mass is 19.1. The van der Waals surface area contributed by atoms with E-state index in [1.807, 2.05) is 0 Å². The average Bonchev–Trinajstić information content (AvgIpc) is 2.17. The standard InChI is InChI=1S/C10H11F2O/c1-7(6-11)8-3-4-9(12)10(5-8)13-2/h3-5,7H,1,6H2,2H3. The molecule has 1 radical (unpaired) electrons. The zero-order chi connectivity index (χ0) is 9.84. The predicted molar refractivity (Wildman–Crippen MR) is 47.0 cm³/mol. The molecule has 0 aliphatic carbocycles. The van der Waals surface area contributed by atoms with Gasteiger partial charge in [-0.05, 0) is 24.6 Å². The fourth-order valence-corrected chi connectivity index (χ4v) is 1.02. The van der Waals surface area contributed by atoms with Gasteiger partial charge < -0.3 is 4.74 Å². The number of hydrogen-bond acceptors (Lipinski definition) is 1. The van der Waals surface area contributed by atoms with Gasteiger partial charge in [0.2, 0.25) is 0 Å². The third-order valence-electron chi connectivity index (χ3n) is 1.83. The molecule has 1 atom stereocenters. The van der Waals surface area contributed by atoms with Crippen LogP contribution in [0.5, 0.6) is 5.75 Å². The molecule has 1 aromatic rings. The van der Waals surface area contributed by atoms with E-state index in [0.717, 1.165) is 0 Å². The van der Waals surface area contributed by atoms with E-state index in [2.05, 4.69) is 6.92 Å². The van der Waals surface area contributed by atoms with Crippen molar-refractivity contribution in [3.05, 3.63) is 36.5 Å². The first-order chi connectivity index (χ1) is 6.19. The van der Waals surface area contributed by atoms with Gasteiger partial charge >= 0.3 is 0 Å². The van der Waals surface area contributed by atoms with Crippen molar-refractivity contribution >= 4 is 0 Å². The molecule has 0 N–H and O–H groups in total. The molecule has 0 aliphatic heterocycles. The molecule has 1 aromatic carbocycles. The predicted octanol–water partition coefficient (Wildman–Crippen LogP) is 2.72. The summed E-state index contributed by atoms with van der Waals surface area (Å²) < 4.78 is 29.9. The molecule has 0 bridgehead atoms. The second-order valence-electron chi connectivity index (χ2n) is 2.75. The molecule has 71 valence electrons. The Labute approximate surface area is 76.3 Å². The highest BCUT2D eigenvalue weighted by Crippen LogP contribution is 2.23. The largest absolute Gasteiger partial charge is 0.494 e. The molecule has 0 saturated heterocycles. The summed E-state index contributed by atoms with van der Waals surface area (Å²) in [6.45, 7) is 3.02. The average molecular weight is 185 g/mol. The van der Waals surface area contributed by atoms with Crippen molar-refractivity contribution in [1.82, 2.24) is 0 Å². The summed E-state index contributed by atoms with van der Waals surface area (Å²) in [5.74, 6) is -0.786. The molecule has 0 saturated carbocycles. The Morgan fingerprint density at radius 1 is 1.54 bits per heavy atom. The third kappa shape index (κ3) is 2.17. The zero-order valence-corrected chi connectivity index (χ0v) is 7.39. The van der Waals surface area contributed by atoms with Gasteiger partial charge in [0.1, 0.15) is 0 Å². The molecule has 0 aliphatic rings. The van der Waals surface area contributed by atoms with Gasteiger partial charge in [-0.2, -0.15) is 0 Å². The van der Waals surface area contributed by atoms with Crippen molar-refractivity contribution < 1.29 is 13.5 Å². The van der Waals surface area contributed by atoms with E-state index in [1.54, 1.807) is 0 Å². The van der Waals surface area contributed by atoms with E-state index >= 15 is 0 Å². The van der Waals surface area contributed by atoms with Crippen molar-refractivity contribution in [2.45, 2.75) is 5.92 Å². The van der Waals surface area contributed by atoms with Gasteiger partial charge in [0, 0.05) is 5.92 Å². The molecule has 3 heteroatoms. The second-order valence-corrected chi connectivity index (χ2v) is 2.75. The Bertz CT molecular complexity index is 286. The Balaban J connectivity index is 2.99. The maximum Gasteiger partial charge on any atom is 0.165 e. The van der Waals surface area contributed by atoms with E-state index < -0.39 is 18.4 Å². The molecule has 0 amide bonds. The fourth-order valence-electron chi connectivity index (χ4n) is 1.02. The lowest BCUT2D eigenvalue weighted by Crippen LogP contribution is -1.97. The highest BCUT2D eigenvalue weighted by molar-refractivity contribution is 5.32. The topological polar surface area (TPSA) is 9.23 Å². The van der Waals surface area contributed by atoms with Crippen LogP contribution in [0.15, 0.2) is 18.2 Å². The number of hydrogen-bond donors (Lipinski definition) is 0. The normalized spacial score (nSPS) is 12.6. The number of methoxy groups -OCH3 is 1. The first-order valence-electron chi connectivity index (χ1n) is 3.91. The number of halogens is 2. The van der Waals surface area contributed by atoms with Crippen LogP contribution >= 0.6 is 0 Å². The van der Waals surface area contributed by atoms with Crippen LogP contribution in [0.4, 0.5) is 8.78 Å². The van der Waals surface area contributed by atoms with Crippen LogP contribution in [-0.4, -0.2) is 13.8 Å². The van der Waals surface area contributed by atoms with Gasteiger partial charge in [0.25, 0.3) is 0 Å². The third-order valence-corrected chi connectivity index (χ3v) is 1.83. The van der Waals surface area contributed by atoms with Gasteiger partial charge in [-0.3, -0.25) is 4.39 Å². The van der Waals surface area contributed by atoms with Crippen LogP contribution < -0.4 is 4.74 Å². The Kier molecular flexibility index (Phi) is 3.23. The molecule has 0 fully saturated rings. The van der Waals surface area contributed by atoms with Gasteiger partial charge in [-0.15, -0.1) is 0 Å². The second kappa shape index (κ2) is 4.21. The van der Waals surface area contributed by atoms with Crippen LogP contribution in [0, 0.1) is 12.7 Å². The quantitative estimate of drug-likeness (QED) is 0.703. The monoisotopic (exact) mass is 185 g/mol. The van der Waals surface area contributed by atoms with Crippen molar-refractivity contribution in [2.75, 3.05) is 13.8 Å². The Morgan fingerprint density at radius 2 is 2.23 bits per heavy atom. The van der Waals surface area contributed by atoms with Gasteiger partial charge in [0.15, 0.2) is 11.6 Å². The molecular weight excluding hydrogens is 174 g/mol. The molecule has 1 nitrogen and oxygen atoms in total. The summed E-state index contributed by atoms with van der Waals surface area (Å²) in [4.78, 5) is 0. The molecule has 0 heterocycles. The maximum absolute atomic E-state index is 12.9. The molecule has 0 spiro atoms. The van der Waals surface area contributed by atoms with Gasteiger partial charge in [-0.25, -0.2) is 4.39 Å². The first kappa shape index (κ1) is 9.96. The SMILES string of the molecule is [CH2]C(CF)c1ccc(F)c(OC)c1. The van der Waals surface area contributed by atoms with E-state index in [4.69, 9.17) is 4.74 Å². The minimum atomic E-state index is -0.561. The Hall–Kier alpha value is -1.12. The van der Waals surface area contributed by atoms with Crippen LogP contribution in [-0.2, 0) is 0 Å². The van der Waals surface area contributed by atoms with Crippen molar-refractivity contribution in [1.29, 1.82) is 0 Å². The lowest BCUT2D eigenvalue weighted by molar-refractivity contribution is 0.384. The fraction of sp³-hybridized carbons (Fsp3) is 0.300. The zero-order valence-electron chi connectivity index (χ0n) is 7.39. The van der Waals surface area contributed by atoms with E-state index in [9.17, 15) is 8.78 Å². The van der Waals surface area contributed by atoms with E-state index in [1.165, 1.54) is 25.3 Å². The van der Waals surface area contributed by atoms with Crippen LogP contribution in [0.3, 0.4) is 0 Å². The first-order valence-corrected chi connectivity index (χ1v) is 3.91. The molecular formula is C10H11F2O. The van der Waals surface area contributed by atoms with Gasteiger partial charge in [-0.1, -0.05) is 6.07 Å². The summed E-state index contributed by atoms with van der Waals surface area (Å²) in [5.41, 5.74) is 0.640. The minimum Gasteiger partial charge on any atom is -0.494 e. The van der Waals surface area contributed by atoms with Crippen molar-refractivity contribution in [3.8, 4) is 5.75 Å². The van der Waals surface area contributed by atoms with Crippen LogP contribution in [0.2, 0.25) is 0 Å². The Morgan fingerprint density at radius 3 is 2.77 bits per heavy atom. The summed E-state index contributed by atoms with van der Waals surface area (Å²) in [6, 6.07) is 4.23. The lowest BCUT2D eigenvalue weighted by atomic mass is 10.0. The number of alkyl halides is 1. The molecule has 13 heavy (non-hydrogen) atoms. The number of ether oxygens (including phenoxy) is 1. The minimum absolute atomic E-state index is 0.125. The molecule has 1 rings (SSSR count). The van der Waals surface area contributed by atoms with Crippen molar-refractivity contribution in [2.24, 2.45) is 0 Å². The maximum atomic E-state index is 12.9. The highest BCUT2D eigenvalue weighted by Gasteiger charge is 2.08. The smallest absolute Gasteiger partial charge is 0.165 e. The van der Waals surface area contributed by atoms with Crippen LogP contribution in [0.25, 0.3) is 0 Å². The summed E-state index contributed by atoms with van der Waals surface area (Å²) in [6.07, 6.45) is 0. The van der Waals surface area contributed by atoms with Crippen molar-refractivity contribution in [3.63, 3.8) is 0 Å². The summed E-state index contributed by atoms with van der Waals surface area (Å²) in [5, 5.41) is 0. The van der Waals surface area contributed by atoms with Crippen LogP contribution in [0.1, 0.15) is 11.5 Å². The number of rotatable bonds is 3. The number of benzene rings is 1. The summed E-state index contributed by atoms with van der Waals surface area (Å²) in [7, 11) is 1.37. The molecule has 1 unspecified atom stereocenters. The summed E-state index contributed by atoms with van der Waals surface area (Å²) >= 11 is 0. The van der Waals surface area contributed by atoms with Gasteiger partial charge in [0.05, 0.1) is 13.8 Å². The molecule has 0 aromatic heterocycles. The lowest BCUT2D eigenvalue weighted by Gasteiger charge is -2.09.